The Kier molecular flexibility index (Phi) is 5.26. The Bertz CT molecular complexity index is 583. The van der Waals surface area contributed by atoms with Gasteiger partial charge in [-0.1, -0.05) is 20.3 Å². The summed E-state index contributed by atoms with van der Waals surface area (Å²) in [6.45, 7) is 8.24. The predicted molar refractivity (Wildman–Crippen MR) is 112 cm³/mol. The summed E-state index contributed by atoms with van der Waals surface area (Å²) < 4.78 is 5.60. The molecule has 0 aromatic rings. The van der Waals surface area contributed by atoms with Crippen molar-refractivity contribution in [3.05, 3.63) is 0 Å². The minimum atomic E-state index is 0.264. The maximum atomic E-state index is 13.5. The van der Waals surface area contributed by atoms with E-state index >= 15 is 0 Å². The molecule has 0 bridgehead atoms. The number of carbonyl (C=O) groups is 1. The molecule has 0 N–H and O–H groups in total. The summed E-state index contributed by atoms with van der Waals surface area (Å²) in [6.07, 6.45) is 13.5. The smallest absolute Gasteiger partial charge is 0.226 e. The first-order valence-electron chi connectivity index (χ1n) is 12.4. The number of ether oxygens (including phenoxy) is 1. The van der Waals surface area contributed by atoms with Gasteiger partial charge < -0.3 is 9.64 Å². The molecule has 5 rings (SSSR count). The Morgan fingerprint density at radius 3 is 2.68 bits per heavy atom. The van der Waals surface area contributed by atoms with Crippen molar-refractivity contribution in [2.24, 2.45) is 46.8 Å². The van der Waals surface area contributed by atoms with Gasteiger partial charge in [-0.05, 0) is 98.7 Å². The average Bonchev–Trinajstić information content (AvgIpc) is 2.86. The van der Waals surface area contributed by atoms with Crippen LogP contribution in [-0.2, 0) is 9.53 Å². The Morgan fingerprint density at radius 1 is 0.929 bits per heavy atom. The molecule has 1 aliphatic heterocycles. The number of rotatable bonds is 1. The lowest BCUT2D eigenvalue weighted by molar-refractivity contribution is -0.143. The Hall–Kier alpha value is -0.570. The van der Waals surface area contributed by atoms with Crippen LogP contribution in [0.25, 0.3) is 0 Å². The molecule has 5 aliphatic rings. The van der Waals surface area contributed by atoms with Crippen molar-refractivity contribution in [1.29, 1.82) is 0 Å². The summed E-state index contributed by atoms with van der Waals surface area (Å²) in [5.41, 5.74) is 0.264. The van der Waals surface area contributed by atoms with Gasteiger partial charge in [0.15, 0.2) is 0 Å². The van der Waals surface area contributed by atoms with Crippen molar-refractivity contribution >= 4 is 5.91 Å². The van der Waals surface area contributed by atoms with Crippen LogP contribution in [0.15, 0.2) is 0 Å². The summed E-state index contributed by atoms with van der Waals surface area (Å²) in [6, 6.07) is 0. The number of hydrogen-bond acceptors (Lipinski definition) is 2. The fourth-order valence-electron chi connectivity index (χ4n) is 8.68. The molecule has 0 radical (unpaired) electrons. The van der Waals surface area contributed by atoms with E-state index in [4.69, 9.17) is 4.74 Å². The highest BCUT2D eigenvalue weighted by atomic mass is 16.5. The van der Waals surface area contributed by atoms with E-state index in [0.717, 1.165) is 74.7 Å². The molecule has 4 aliphatic carbocycles. The molecule has 4 saturated carbocycles. The predicted octanol–water partition coefficient (Wildman–Crippen LogP) is 5.14. The topological polar surface area (TPSA) is 29.5 Å². The molecule has 7 unspecified atom stereocenters. The van der Waals surface area contributed by atoms with Crippen LogP contribution in [0.1, 0.15) is 78.1 Å². The molecule has 1 amide bonds. The highest BCUT2D eigenvalue weighted by Crippen LogP contribution is 2.64. The molecule has 8 atom stereocenters. The third-order valence-electron chi connectivity index (χ3n) is 10.0. The maximum Gasteiger partial charge on any atom is 0.226 e. The van der Waals surface area contributed by atoms with Gasteiger partial charge in [0.25, 0.3) is 0 Å². The zero-order chi connectivity index (χ0) is 19.3. The van der Waals surface area contributed by atoms with Crippen LogP contribution < -0.4 is 0 Å². The van der Waals surface area contributed by atoms with Gasteiger partial charge in [0.05, 0.1) is 6.61 Å². The zero-order valence-electron chi connectivity index (χ0n) is 18.2. The van der Waals surface area contributed by atoms with Crippen LogP contribution in [0, 0.1) is 46.8 Å². The van der Waals surface area contributed by atoms with Crippen molar-refractivity contribution in [3.8, 4) is 0 Å². The van der Waals surface area contributed by atoms with E-state index in [1.165, 1.54) is 51.4 Å². The van der Waals surface area contributed by atoms with Crippen LogP contribution in [-0.4, -0.2) is 37.1 Å². The first kappa shape index (κ1) is 19.4. The van der Waals surface area contributed by atoms with Gasteiger partial charge in [-0.3, -0.25) is 4.79 Å². The molecule has 1 heterocycles. The normalized spacial score (nSPS) is 48.9. The van der Waals surface area contributed by atoms with E-state index in [0.29, 0.717) is 5.91 Å². The van der Waals surface area contributed by atoms with Gasteiger partial charge in [0, 0.05) is 25.6 Å². The first-order valence-corrected chi connectivity index (χ1v) is 12.4. The number of nitrogens with zero attached hydrogens (tertiary/aromatic N) is 1. The SMILES string of the molecule is CC1CCC2C(CCC3C2CCC2(C)C3CC[C@@H]2C(=O)N2CCCOCC2)C1. The number of fused-ring (bicyclic) bond motifs is 5. The molecule has 1 saturated heterocycles. The molecule has 0 spiro atoms. The Morgan fingerprint density at radius 2 is 1.79 bits per heavy atom. The summed E-state index contributed by atoms with van der Waals surface area (Å²) in [7, 11) is 0. The fraction of sp³-hybridized carbons (Fsp3) is 0.960. The van der Waals surface area contributed by atoms with Gasteiger partial charge in [-0.15, -0.1) is 0 Å². The number of hydrogen-bond donors (Lipinski definition) is 0. The van der Waals surface area contributed by atoms with Gasteiger partial charge in [0.1, 0.15) is 0 Å². The third kappa shape index (κ3) is 3.15. The van der Waals surface area contributed by atoms with Crippen LogP contribution in [0.4, 0.5) is 0 Å². The molecular weight excluding hydrogens is 346 g/mol. The number of carbonyl (C=O) groups excluding carboxylic acids is 1. The highest BCUT2D eigenvalue weighted by Gasteiger charge is 2.58. The van der Waals surface area contributed by atoms with E-state index < -0.39 is 0 Å². The second-order valence-electron chi connectivity index (χ2n) is 11.3. The average molecular weight is 388 g/mol. The second kappa shape index (κ2) is 7.60. The summed E-state index contributed by atoms with van der Waals surface area (Å²) in [5.74, 6) is 6.43. The van der Waals surface area contributed by atoms with Crippen LogP contribution in [0.3, 0.4) is 0 Å². The van der Waals surface area contributed by atoms with Crippen molar-refractivity contribution in [2.45, 2.75) is 78.1 Å². The lowest BCUT2D eigenvalue weighted by Gasteiger charge is -2.56. The molecule has 158 valence electrons. The lowest BCUT2D eigenvalue weighted by Crippen LogP contribution is -2.51. The van der Waals surface area contributed by atoms with E-state index in [1.54, 1.807) is 0 Å². The van der Waals surface area contributed by atoms with Crippen molar-refractivity contribution in [1.82, 2.24) is 4.90 Å². The van der Waals surface area contributed by atoms with Gasteiger partial charge >= 0.3 is 0 Å². The van der Waals surface area contributed by atoms with E-state index in [-0.39, 0.29) is 11.3 Å². The minimum Gasteiger partial charge on any atom is -0.380 e. The maximum absolute atomic E-state index is 13.5. The molecule has 3 nitrogen and oxygen atoms in total. The van der Waals surface area contributed by atoms with Crippen molar-refractivity contribution < 1.29 is 9.53 Å². The molecule has 3 heteroatoms. The van der Waals surface area contributed by atoms with Crippen LogP contribution in [0.5, 0.6) is 0 Å². The quantitative estimate of drug-likeness (QED) is 0.623. The van der Waals surface area contributed by atoms with Gasteiger partial charge in [-0.25, -0.2) is 0 Å². The molecular formula is C25H41NO2. The highest BCUT2D eigenvalue weighted by molar-refractivity contribution is 5.80. The molecule has 28 heavy (non-hydrogen) atoms. The summed E-state index contributed by atoms with van der Waals surface area (Å²) in [4.78, 5) is 15.7. The summed E-state index contributed by atoms with van der Waals surface area (Å²) in [5, 5.41) is 0. The van der Waals surface area contributed by atoms with Gasteiger partial charge in [0.2, 0.25) is 5.91 Å². The minimum absolute atomic E-state index is 0.264. The summed E-state index contributed by atoms with van der Waals surface area (Å²) >= 11 is 0. The first-order chi connectivity index (χ1) is 13.6. The van der Waals surface area contributed by atoms with Crippen molar-refractivity contribution in [3.63, 3.8) is 0 Å². The van der Waals surface area contributed by atoms with E-state index in [9.17, 15) is 4.79 Å². The van der Waals surface area contributed by atoms with Crippen LogP contribution in [0.2, 0.25) is 0 Å². The molecule has 0 aromatic carbocycles. The lowest BCUT2D eigenvalue weighted by atomic mass is 9.49. The van der Waals surface area contributed by atoms with E-state index in [1.807, 2.05) is 0 Å². The molecule has 5 fully saturated rings. The fourth-order valence-corrected chi connectivity index (χ4v) is 8.68. The Balaban J connectivity index is 1.32. The standard InChI is InChI=1S/C25H41NO2/c1-17-4-6-19-18(16-17)5-7-21-20(19)10-11-25(2)22(21)8-9-23(25)24(27)26-12-3-14-28-15-13-26/h17-23H,3-16H2,1-2H3/t17?,18?,19?,20?,21?,22?,23-,25?/m1/s1. The van der Waals surface area contributed by atoms with E-state index in [2.05, 4.69) is 18.7 Å². The van der Waals surface area contributed by atoms with Gasteiger partial charge in [-0.2, -0.15) is 0 Å². The monoisotopic (exact) mass is 387 g/mol. The molecule has 0 aromatic heterocycles. The largest absolute Gasteiger partial charge is 0.380 e. The number of amides is 1. The Labute approximate surface area is 172 Å². The van der Waals surface area contributed by atoms with Crippen LogP contribution >= 0.6 is 0 Å². The third-order valence-corrected chi connectivity index (χ3v) is 10.0. The second-order valence-corrected chi connectivity index (χ2v) is 11.3. The van der Waals surface area contributed by atoms with Crippen molar-refractivity contribution in [2.75, 3.05) is 26.3 Å². The zero-order valence-corrected chi connectivity index (χ0v) is 18.2.